The van der Waals surface area contributed by atoms with Gasteiger partial charge in [0.05, 0.1) is 11.6 Å². The van der Waals surface area contributed by atoms with Gasteiger partial charge in [-0.3, -0.25) is 9.69 Å². The highest BCUT2D eigenvalue weighted by Gasteiger charge is 2.52. The maximum absolute atomic E-state index is 11.4. The third kappa shape index (κ3) is 3.42. The molecule has 2 aromatic rings. The standard InChI is InChI=1S/C20H19Br2NO2/c21-16-6-7-17(15(8-16)12-24)25-18-9-14-11-23(20(18)19(14)22)10-13-4-2-1-3-5-13/h1-8,12,14,18-20H,9-11H2/t14-,18-,19-,20-/m1/s1. The van der Waals surface area contributed by atoms with E-state index in [-0.39, 0.29) is 6.10 Å². The van der Waals surface area contributed by atoms with Crippen molar-refractivity contribution in [2.24, 2.45) is 5.92 Å². The number of nitrogens with zero attached hydrogens (tertiary/aromatic N) is 1. The van der Waals surface area contributed by atoms with Gasteiger partial charge in [-0.05, 0) is 36.1 Å². The SMILES string of the molecule is O=Cc1cc(Br)ccc1O[C@@H]1C[C@@H]2CN(Cc3ccccc3)[C@H]1[C@@H]2Br. The lowest BCUT2D eigenvalue weighted by atomic mass is 10.1. The van der Waals surface area contributed by atoms with Crippen molar-refractivity contribution in [3.05, 3.63) is 64.1 Å². The second-order valence-corrected chi connectivity index (χ2v) is 8.78. The molecule has 1 heterocycles. The van der Waals surface area contributed by atoms with E-state index in [4.69, 9.17) is 4.74 Å². The molecule has 130 valence electrons. The van der Waals surface area contributed by atoms with Crippen LogP contribution in [-0.2, 0) is 6.54 Å². The first-order chi connectivity index (χ1) is 12.2. The Labute approximate surface area is 164 Å². The number of ether oxygens (including phenoxy) is 1. The van der Waals surface area contributed by atoms with Crippen LogP contribution in [-0.4, -0.2) is 34.7 Å². The Bertz CT molecular complexity index is 768. The second kappa shape index (κ2) is 7.22. The second-order valence-electron chi connectivity index (χ2n) is 6.80. The molecule has 0 unspecified atom stereocenters. The van der Waals surface area contributed by atoms with Crippen molar-refractivity contribution < 1.29 is 9.53 Å². The lowest BCUT2D eigenvalue weighted by Crippen LogP contribution is -2.44. The number of alkyl halides is 1. The zero-order valence-corrected chi connectivity index (χ0v) is 16.8. The molecule has 2 bridgehead atoms. The minimum Gasteiger partial charge on any atom is -0.488 e. The average molecular weight is 465 g/mol. The lowest BCUT2D eigenvalue weighted by molar-refractivity contribution is 0.0700. The molecule has 0 N–H and O–H groups in total. The van der Waals surface area contributed by atoms with Crippen LogP contribution in [0.5, 0.6) is 5.75 Å². The molecule has 1 saturated heterocycles. The molecule has 0 aromatic heterocycles. The van der Waals surface area contributed by atoms with Crippen LogP contribution in [0.4, 0.5) is 0 Å². The summed E-state index contributed by atoms with van der Waals surface area (Å²) in [5.74, 6) is 1.27. The maximum atomic E-state index is 11.4. The van der Waals surface area contributed by atoms with E-state index < -0.39 is 0 Å². The van der Waals surface area contributed by atoms with E-state index in [0.29, 0.717) is 28.1 Å². The van der Waals surface area contributed by atoms with E-state index >= 15 is 0 Å². The monoisotopic (exact) mass is 463 g/mol. The number of hydrogen-bond acceptors (Lipinski definition) is 3. The summed E-state index contributed by atoms with van der Waals surface area (Å²) in [6.07, 6.45) is 1.99. The summed E-state index contributed by atoms with van der Waals surface area (Å²) >= 11 is 7.30. The van der Waals surface area contributed by atoms with Crippen LogP contribution in [0.25, 0.3) is 0 Å². The Kier molecular flexibility index (Phi) is 4.98. The summed E-state index contributed by atoms with van der Waals surface area (Å²) in [4.78, 5) is 14.3. The molecule has 0 radical (unpaired) electrons. The van der Waals surface area contributed by atoms with Gasteiger partial charge >= 0.3 is 0 Å². The van der Waals surface area contributed by atoms with Crippen molar-refractivity contribution in [2.45, 2.75) is 29.9 Å². The van der Waals surface area contributed by atoms with Crippen LogP contribution < -0.4 is 4.74 Å². The van der Waals surface area contributed by atoms with E-state index in [1.807, 2.05) is 24.3 Å². The van der Waals surface area contributed by atoms with Gasteiger partial charge in [-0.15, -0.1) is 0 Å². The van der Waals surface area contributed by atoms with E-state index in [1.54, 1.807) is 0 Å². The van der Waals surface area contributed by atoms with Crippen LogP contribution in [0.15, 0.2) is 53.0 Å². The number of aldehydes is 1. The van der Waals surface area contributed by atoms with Gasteiger partial charge < -0.3 is 4.74 Å². The van der Waals surface area contributed by atoms with Gasteiger partial charge in [0.25, 0.3) is 0 Å². The van der Waals surface area contributed by atoms with E-state index in [2.05, 4.69) is 61.0 Å². The largest absolute Gasteiger partial charge is 0.488 e. The van der Waals surface area contributed by atoms with Gasteiger partial charge in [0, 0.05) is 22.4 Å². The number of likely N-dealkylation sites (tertiary alicyclic amines) is 1. The number of benzene rings is 2. The maximum Gasteiger partial charge on any atom is 0.153 e. The van der Waals surface area contributed by atoms with Gasteiger partial charge in [0.2, 0.25) is 0 Å². The number of piperidine rings is 1. The quantitative estimate of drug-likeness (QED) is 0.475. The highest BCUT2D eigenvalue weighted by molar-refractivity contribution is 9.10. The molecule has 2 aromatic carbocycles. The van der Waals surface area contributed by atoms with Crippen LogP contribution in [0.3, 0.4) is 0 Å². The third-order valence-corrected chi connectivity index (χ3v) is 6.97. The molecule has 5 heteroatoms. The lowest BCUT2D eigenvalue weighted by Gasteiger charge is -2.33. The first kappa shape index (κ1) is 17.3. The van der Waals surface area contributed by atoms with Crippen molar-refractivity contribution in [1.82, 2.24) is 4.90 Å². The number of hydrogen-bond donors (Lipinski definition) is 0. The molecule has 1 aliphatic heterocycles. The third-order valence-electron chi connectivity index (χ3n) is 5.19. The minimum absolute atomic E-state index is 0.103. The number of carbonyl (C=O) groups is 1. The van der Waals surface area contributed by atoms with Crippen molar-refractivity contribution in [1.29, 1.82) is 0 Å². The molecule has 25 heavy (non-hydrogen) atoms. The van der Waals surface area contributed by atoms with Gasteiger partial charge in [-0.2, -0.15) is 0 Å². The molecule has 1 saturated carbocycles. The molecule has 2 aliphatic rings. The summed E-state index contributed by atoms with van der Waals surface area (Å²) in [6, 6.07) is 16.5. The number of carbonyl (C=O) groups excluding carboxylic acids is 1. The average Bonchev–Trinajstić information content (AvgIpc) is 3.08. The van der Waals surface area contributed by atoms with Crippen LogP contribution in [0.2, 0.25) is 0 Å². The normalized spacial score (nSPS) is 28.2. The summed E-state index contributed by atoms with van der Waals surface area (Å²) in [5, 5.41) is 0. The van der Waals surface area contributed by atoms with E-state index in [9.17, 15) is 4.79 Å². The van der Waals surface area contributed by atoms with Gasteiger partial charge in [-0.25, -0.2) is 0 Å². The van der Waals surface area contributed by atoms with Crippen molar-refractivity contribution in [3.63, 3.8) is 0 Å². The molecule has 0 amide bonds. The summed E-state index contributed by atoms with van der Waals surface area (Å²) < 4.78 is 7.19. The molecule has 4 rings (SSSR count). The molecule has 1 aliphatic carbocycles. The summed E-state index contributed by atoms with van der Waals surface area (Å²) in [7, 11) is 0. The smallest absolute Gasteiger partial charge is 0.153 e. The number of halogens is 2. The van der Waals surface area contributed by atoms with Crippen molar-refractivity contribution >= 4 is 38.1 Å². The van der Waals surface area contributed by atoms with Crippen LogP contribution >= 0.6 is 31.9 Å². The predicted octanol–water partition coefficient (Wildman–Crippen LogP) is 4.68. The minimum atomic E-state index is 0.103. The van der Waals surface area contributed by atoms with Crippen molar-refractivity contribution in [2.75, 3.05) is 6.54 Å². The summed E-state index contributed by atoms with van der Waals surface area (Å²) in [5.41, 5.74) is 1.92. The van der Waals surface area contributed by atoms with Gasteiger partial charge in [-0.1, -0.05) is 62.2 Å². The van der Waals surface area contributed by atoms with Crippen LogP contribution in [0, 0.1) is 5.92 Å². The first-order valence-electron chi connectivity index (χ1n) is 8.49. The molecular formula is C20H19Br2NO2. The molecule has 4 atom stereocenters. The fraction of sp³-hybridized carbons (Fsp3) is 0.350. The van der Waals surface area contributed by atoms with E-state index in [1.165, 1.54) is 5.56 Å². The Morgan fingerprint density at radius 2 is 2.00 bits per heavy atom. The number of rotatable bonds is 5. The Balaban J connectivity index is 1.53. The predicted molar refractivity (Wildman–Crippen MR) is 105 cm³/mol. The molecule has 2 fully saturated rings. The topological polar surface area (TPSA) is 29.5 Å². The number of fused-ring (bicyclic) bond motifs is 2. The Morgan fingerprint density at radius 1 is 1.20 bits per heavy atom. The molecule has 3 nitrogen and oxygen atoms in total. The highest BCUT2D eigenvalue weighted by Crippen LogP contribution is 2.44. The first-order valence-corrected chi connectivity index (χ1v) is 10.2. The zero-order valence-electron chi connectivity index (χ0n) is 13.6. The Hall–Kier alpha value is -1.17. The van der Waals surface area contributed by atoms with E-state index in [0.717, 1.165) is 30.3 Å². The fourth-order valence-corrected chi connectivity index (χ4v) is 5.51. The van der Waals surface area contributed by atoms with Crippen molar-refractivity contribution in [3.8, 4) is 5.75 Å². The summed E-state index contributed by atoms with van der Waals surface area (Å²) in [6.45, 7) is 2.03. The Morgan fingerprint density at radius 3 is 2.72 bits per heavy atom. The van der Waals surface area contributed by atoms with Gasteiger partial charge in [0.1, 0.15) is 11.9 Å². The molecular weight excluding hydrogens is 446 g/mol. The van der Waals surface area contributed by atoms with Crippen LogP contribution in [0.1, 0.15) is 22.3 Å². The fourth-order valence-electron chi connectivity index (χ4n) is 4.07. The van der Waals surface area contributed by atoms with Gasteiger partial charge in [0.15, 0.2) is 6.29 Å². The zero-order chi connectivity index (χ0) is 17.4. The highest BCUT2D eigenvalue weighted by atomic mass is 79.9. The molecule has 0 spiro atoms.